The van der Waals surface area contributed by atoms with Gasteiger partial charge in [0.25, 0.3) is 11.6 Å². The third-order valence-corrected chi connectivity index (χ3v) is 3.63. The number of aromatic amines is 1. The number of rotatable bonds is 5. The number of imidazole rings is 1. The Morgan fingerprint density at radius 2 is 2.04 bits per heavy atom. The van der Waals surface area contributed by atoms with E-state index in [4.69, 9.17) is 5.21 Å². The van der Waals surface area contributed by atoms with E-state index in [1.165, 1.54) is 17.6 Å². The number of H-pyrrole nitrogens is 1. The van der Waals surface area contributed by atoms with Crippen LogP contribution in [0.25, 0.3) is 17.1 Å². The molecule has 3 rings (SSSR count). The van der Waals surface area contributed by atoms with Crippen LogP contribution in [-0.4, -0.2) is 26.0 Å². The lowest BCUT2D eigenvalue weighted by atomic mass is 10.1. The lowest BCUT2D eigenvalue weighted by molar-refractivity contribution is -0.383. The second-order valence-corrected chi connectivity index (χ2v) is 5.34. The molecular weight excluding hydrogens is 324 g/mol. The number of carbonyl (C=O) groups excluding carboxylic acids is 1. The van der Waals surface area contributed by atoms with E-state index in [9.17, 15) is 14.9 Å². The topological polar surface area (TPSA) is 121 Å². The van der Waals surface area contributed by atoms with E-state index >= 15 is 0 Å². The average Bonchev–Trinajstić information content (AvgIpc) is 3.02. The van der Waals surface area contributed by atoms with E-state index in [-0.39, 0.29) is 5.69 Å². The van der Waals surface area contributed by atoms with E-state index in [1.54, 1.807) is 18.2 Å². The summed E-state index contributed by atoms with van der Waals surface area (Å²) in [5, 5.41) is 19.5. The predicted octanol–water partition coefficient (Wildman–Crippen LogP) is 2.58. The van der Waals surface area contributed by atoms with Gasteiger partial charge in [-0.2, -0.15) is 0 Å². The van der Waals surface area contributed by atoms with Crippen LogP contribution in [0.4, 0.5) is 5.69 Å². The molecular formula is C17H14N4O4. The molecule has 0 aliphatic heterocycles. The third-order valence-electron chi connectivity index (χ3n) is 3.63. The zero-order chi connectivity index (χ0) is 17.8. The number of nitro benzene ring substituents is 1. The molecule has 0 saturated carbocycles. The van der Waals surface area contributed by atoms with Crippen molar-refractivity contribution in [3.05, 3.63) is 75.6 Å². The molecule has 2 aromatic carbocycles. The summed E-state index contributed by atoms with van der Waals surface area (Å²) in [6.45, 7) is 0. The highest BCUT2D eigenvalue weighted by atomic mass is 16.6. The number of carbonyl (C=O) groups is 1. The second kappa shape index (κ2) is 6.93. The number of hydroxylamine groups is 1. The first-order valence-corrected chi connectivity index (χ1v) is 7.40. The molecule has 0 fully saturated rings. The molecule has 3 aromatic rings. The van der Waals surface area contributed by atoms with Crippen LogP contribution in [0.5, 0.6) is 0 Å². The summed E-state index contributed by atoms with van der Waals surface area (Å²) in [5.74, 6) is 0.0280. The standard InChI is InChI=1S/C17H14N4O4/c22-16(20-23)9-8-11-4-6-12(7-5-11)10-15-18-13-2-1-3-14(21(24)25)17(13)19-15/h1-9,23H,10H2,(H,18,19)(H,20,22). The van der Waals surface area contributed by atoms with E-state index in [0.717, 1.165) is 11.1 Å². The molecule has 0 bridgehead atoms. The van der Waals surface area contributed by atoms with E-state index < -0.39 is 10.8 Å². The molecule has 0 unspecified atom stereocenters. The SMILES string of the molecule is O=C(C=Cc1ccc(Cc2nc3c([N+](=O)[O-])cccc3[nH]2)cc1)NO. The fourth-order valence-corrected chi connectivity index (χ4v) is 2.45. The highest BCUT2D eigenvalue weighted by Crippen LogP contribution is 2.24. The molecule has 25 heavy (non-hydrogen) atoms. The fraction of sp³-hybridized carbons (Fsp3) is 0.0588. The Morgan fingerprint density at radius 3 is 2.72 bits per heavy atom. The van der Waals surface area contributed by atoms with Crippen molar-refractivity contribution in [1.82, 2.24) is 15.4 Å². The Balaban J connectivity index is 1.79. The second-order valence-electron chi connectivity index (χ2n) is 5.34. The molecule has 0 saturated heterocycles. The highest BCUT2D eigenvalue weighted by molar-refractivity contribution is 5.90. The van der Waals surface area contributed by atoms with Crippen LogP contribution < -0.4 is 5.48 Å². The fourth-order valence-electron chi connectivity index (χ4n) is 2.45. The van der Waals surface area contributed by atoms with Gasteiger partial charge in [0.1, 0.15) is 5.82 Å². The summed E-state index contributed by atoms with van der Waals surface area (Å²) in [6.07, 6.45) is 3.28. The maximum Gasteiger partial charge on any atom is 0.297 e. The molecule has 0 atom stereocenters. The number of nitro groups is 1. The first-order valence-electron chi connectivity index (χ1n) is 7.40. The first-order chi connectivity index (χ1) is 12.1. The number of amides is 1. The quantitative estimate of drug-likeness (QED) is 0.286. The number of hydrogen-bond acceptors (Lipinski definition) is 5. The maximum absolute atomic E-state index is 11.1. The Hall–Kier alpha value is -3.52. The molecule has 126 valence electrons. The number of non-ortho nitro benzene ring substituents is 1. The van der Waals surface area contributed by atoms with Crippen LogP contribution in [0.1, 0.15) is 17.0 Å². The number of aromatic nitrogens is 2. The molecule has 0 aliphatic rings. The summed E-state index contributed by atoms with van der Waals surface area (Å²) >= 11 is 0. The minimum atomic E-state index is -0.604. The lowest BCUT2D eigenvalue weighted by Gasteiger charge is -1.99. The van der Waals surface area contributed by atoms with Crippen molar-refractivity contribution in [3.63, 3.8) is 0 Å². The van der Waals surface area contributed by atoms with E-state index in [1.807, 2.05) is 24.3 Å². The first kappa shape index (κ1) is 16.3. The molecule has 8 heteroatoms. The Kier molecular flexibility index (Phi) is 4.53. The van der Waals surface area contributed by atoms with Crippen molar-refractivity contribution in [2.24, 2.45) is 0 Å². The van der Waals surface area contributed by atoms with Crippen LogP contribution in [0.15, 0.2) is 48.5 Å². The van der Waals surface area contributed by atoms with Gasteiger partial charge in [-0.15, -0.1) is 0 Å². The minimum Gasteiger partial charge on any atom is -0.341 e. The van der Waals surface area contributed by atoms with Crippen molar-refractivity contribution in [1.29, 1.82) is 0 Å². The van der Waals surface area contributed by atoms with Crippen molar-refractivity contribution >= 4 is 28.7 Å². The molecule has 0 spiro atoms. The zero-order valence-corrected chi connectivity index (χ0v) is 13.0. The van der Waals surface area contributed by atoms with Gasteiger partial charge in [0.05, 0.1) is 10.4 Å². The van der Waals surface area contributed by atoms with Crippen molar-refractivity contribution in [2.45, 2.75) is 6.42 Å². The number of para-hydroxylation sites is 1. The largest absolute Gasteiger partial charge is 0.341 e. The van der Waals surface area contributed by atoms with Crippen LogP contribution in [-0.2, 0) is 11.2 Å². The lowest BCUT2D eigenvalue weighted by Crippen LogP contribution is -2.14. The minimum absolute atomic E-state index is 0.0253. The van der Waals surface area contributed by atoms with Crippen molar-refractivity contribution < 1.29 is 14.9 Å². The maximum atomic E-state index is 11.1. The predicted molar refractivity (Wildman–Crippen MR) is 91.0 cm³/mol. The number of hydrogen-bond donors (Lipinski definition) is 3. The monoisotopic (exact) mass is 338 g/mol. The molecule has 1 aromatic heterocycles. The van der Waals surface area contributed by atoms with Gasteiger partial charge in [-0.05, 0) is 23.3 Å². The molecule has 1 heterocycles. The van der Waals surface area contributed by atoms with Gasteiger partial charge in [0.15, 0.2) is 5.52 Å². The van der Waals surface area contributed by atoms with Crippen LogP contribution in [0, 0.1) is 10.1 Å². The van der Waals surface area contributed by atoms with Gasteiger partial charge in [0, 0.05) is 18.6 Å². The number of nitrogens with zero attached hydrogens (tertiary/aromatic N) is 2. The Bertz CT molecular complexity index is 960. The van der Waals surface area contributed by atoms with Gasteiger partial charge in [-0.1, -0.05) is 30.3 Å². The summed E-state index contributed by atoms with van der Waals surface area (Å²) in [5.41, 5.74) is 4.22. The molecule has 1 amide bonds. The van der Waals surface area contributed by atoms with E-state index in [2.05, 4.69) is 9.97 Å². The number of benzene rings is 2. The summed E-state index contributed by atoms with van der Waals surface area (Å²) in [4.78, 5) is 29.0. The summed E-state index contributed by atoms with van der Waals surface area (Å²) in [7, 11) is 0. The van der Waals surface area contributed by atoms with Crippen LogP contribution in [0.2, 0.25) is 0 Å². The highest BCUT2D eigenvalue weighted by Gasteiger charge is 2.15. The summed E-state index contributed by atoms with van der Waals surface area (Å²) < 4.78 is 0. The zero-order valence-electron chi connectivity index (χ0n) is 13.0. The van der Waals surface area contributed by atoms with Crippen LogP contribution >= 0.6 is 0 Å². The van der Waals surface area contributed by atoms with Gasteiger partial charge < -0.3 is 4.98 Å². The smallest absolute Gasteiger partial charge is 0.297 e. The average molecular weight is 338 g/mol. The van der Waals surface area contributed by atoms with Gasteiger partial charge >= 0.3 is 0 Å². The van der Waals surface area contributed by atoms with Crippen molar-refractivity contribution in [3.8, 4) is 0 Å². The molecule has 8 nitrogen and oxygen atoms in total. The van der Waals surface area contributed by atoms with Gasteiger partial charge in [0.2, 0.25) is 0 Å². The Labute approximate surface area is 141 Å². The summed E-state index contributed by atoms with van der Waals surface area (Å²) in [6, 6.07) is 12.2. The van der Waals surface area contributed by atoms with Crippen molar-refractivity contribution in [2.75, 3.05) is 0 Å². The van der Waals surface area contributed by atoms with Gasteiger partial charge in [-0.3, -0.25) is 20.1 Å². The number of fused-ring (bicyclic) bond motifs is 1. The third kappa shape index (κ3) is 3.70. The van der Waals surface area contributed by atoms with Crippen LogP contribution in [0.3, 0.4) is 0 Å². The normalized spacial score (nSPS) is 11.1. The number of nitrogens with one attached hydrogen (secondary N) is 2. The molecule has 0 radical (unpaired) electrons. The molecule has 3 N–H and O–H groups in total. The molecule has 0 aliphatic carbocycles. The van der Waals surface area contributed by atoms with E-state index in [0.29, 0.717) is 23.3 Å². The van der Waals surface area contributed by atoms with Gasteiger partial charge in [-0.25, -0.2) is 10.5 Å². The Morgan fingerprint density at radius 1 is 1.28 bits per heavy atom.